The van der Waals surface area contributed by atoms with Crippen LogP contribution in [0.15, 0.2) is 30.3 Å². The smallest absolute Gasteiger partial charge is 0.269 e. The molecule has 40 heavy (non-hydrogen) atoms. The summed E-state index contributed by atoms with van der Waals surface area (Å²) in [7, 11) is 0. The van der Waals surface area contributed by atoms with Gasteiger partial charge in [-0.3, -0.25) is 14.7 Å². The number of fused-ring (bicyclic) bond motifs is 1. The first kappa shape index (κ1) is 31.7. The molecule has 1 atom stereocenters. The van der Waals surface area contributed by atoms with Crippen molar-refractivity contribution in [1.29, 1.82) is 0 Å². The van der Waals surface area contributed by atoms with Crippen molar-refractivity contribution >= 4 is 29.1 Å². The minimum Gasteiger partial charge on any atom is -0.341 e. The number of carbonyl (C=O) groups excluding carboxylic acids is 2. The van der Waals surface area contributed by atoms with Crippen molar-refractivity contribution in [1.82, 2.24) is 30.0 Å². The Morgan fingerprint density at radius 2 is 1.45 bits per heavy atom. The molecule has 3 aromatic rings. The van der Waals surface area contributed by atoms with Crippen molar-refractivity contribution < 1.29 is 9.59 Å². The van der Waals surface area contributed by atoms with Crippen LogP contribution in [0.1, 0.15) is 115 Å². The summed E-state index contributed by atoms with van der Waals surface area (Å²) in [5.41, 5.74) is 1.69. The van der Waals surface area contributed by atoms with E-state index in [0.29, 0.717) is 28.6 Å². The van der Waals surface area contributed by atoms with Gasteiger partial charge in [-0.25, -0.2) is 4.52 Å². The number of benzene rings is 1. The first-order valence-electron chi connectivity index (χ1n) is 15.3. The monoisotopic (exact) mass is 570 g/mol. The fourth-order valence-corrected chi connectivity index (χ4v) is 5.10. The summed E-state index contributed by atoms with van der Waals surface area (Å²) in [6.07, 6.45) is 14.7. The van der Waals surface area contributed by atoms with Crippen molar-refractivity contribution in [3.05, 3.63) is 41.0 Å². The highest BCUT2D eigenvalue weighted by Crippen LogP contribution is 2.21. The third kappa shape index (κ3) is 9.36. The highest BCUT2D eigenvalue weighted by Gasteiger charge is 2.26. The van der Waals surface area contributed by atoms with Gasteiger partial charge in [-0.15, -0.1) is 10.2 Å². The van der Waals surface area contributed by atoms with E-state index in [4.69, 9.17) is 11.6 Å². The first-order chi connectivity index (χ1) is 19.5. The first-order valence-corrected chi connectivity index (χ1v) is 15.7. The number of H-pyrrole nitrogens is 1. The fraction of sp³-hybridized carbons (Fsp3) is 0.613. The Bertz CT molecular complexity index is 1160. The average Bonchev–Trinajstić information content (AvgIpc) is 3.56. The molecule has 0 aliphatic heterocycles. The van der Waals surface area contributed by atoms with E-state index >= 15 is 0 Å². The van der Waals surface area contributed by atoms with Crippen LogP contribution in [-0.2, 0) is 4.79 Å². The number of hydrogen-bond donors (Lipinski definition) is 2. The molecule has 1 aromatic carbocycles. The van der Waals surface area contributed by atoms with Crippen LogP contribution in [0.2, 0.25) is 5.02 Å². The Balaban J connectivity index is 1.63. The van der Waals surface area contributed by atoms with Crippen LogP contribution in [0.25, 0.3) is 17.0 Å². The Morgan fingerprint density at radius 3 is 2.02 bits per heavy atom. The largest absolute Gasteiger partial charge is 0.341 e. The van der Waals surface area contributed by atoms with Crippen LogP contribution in [0.4, 0.5) is 0 Å². The second kappa shape index (κ2) is 17.1. The second-order valence-corrected chi connectivity index (χ2v) is 11.1. The normalized spacial score (nSPS) is 12.1. The number of rotatable bonds is 19. The molecule has 0 aliphatic carbocycles. The molecule has 2 heterocycles. The van der Waals surface area contributed by atoms with E-state index in [1.807, 2.05) is 24.0 Å². The maximum Gasteiger partial charge on any atom is 0.269 e. The summed E-state index contributed by atoms with van der Waals surface area (Å²) in [6, 6.07) is 8.36. The maximum atomic E-state index is 13.6. The zero-order chi connectivity index (χ0) is 28.7. The lowest BCUT2D eigenvalue weighted by Gasteiger charge is -2.27. The van der Waals surface area contributed by atoms with Crippen molar-refractivity contribution in [3.63, 3.8) is 0 Å². The predicted molar refractivity (Wildman–Crippen MR) is 163 cm³/mol. The number of nitrogens with zero attached hydrogens (tertiary/aromatic N) is 4. The minimum atomic E-state index is -0.572. The van der Waals surface area contributed by atoms with Crippen LogP contribution in [0, 0.1) is 0 Å². The van der Waals surface area contributed by atoms with Crippen LogP contribution in [0.3, 0.4) is 0 Å². The van der Waals surface area contributed by atoms with Gasteiger partial charge in [-0.2, -0.15) is 0 Å². The molecule has 0 aliphatic rings. The van der Waals surface area contributed by atoms with Crippen molar-refractivity contribution in [3.8, 4) is 11.4 Å². The Labute approximate surface area is 244 Å². The van der Waals surface area contributed by atoms with E-state index < -0.39 is 6.04 Å². The average molecular weight is 571 g/mol. The third-order valence-electron chi connectivity index (χ3n) is 7.43. The van der Waals surface area contributed by atoms with Gasteiger partial charge in [0, 0.05) is 29.7 Å². The van der Waals surface area contributed by atoms with Crippen molar-refractivity contribution in [2.24, 2.45) is 0 Å². The van der Waals surface area contributed by atoms with E-state index in [1.165, 1.54) is 51.4 Å². The van der Waals surface area contributed by atoms with Gasteiger partial charge in [0.1, 0.15) is 11.7 Å². The number of aromatic nitrogens is 4. The molecule has 0 saturated heterocycles. The molecular formula is C31H47ClN6O2. The molecule has 9 heteroatoms. The summed E-state index contributed by atoms with van der Waals surface area (Å²) in [5, 5.41) is 15.1. The van der Waals surface area contributed by atoms with Gasteiger partial charge >= 0.3 is 0 Å². The maximum absolute atomic E-state index is 13.6. The molecule has 0 spiro atoms. The van der Waals surface area contributed by atoms with E-state index in [0.717, 1.165) is 44.3 Å². The standard InChI is InChI=1S/C31H47ClN6O2/c1-4-7-9-11-13-15-21-37(22-16-14-12-10-8-5-2)31(40)26(6-3)33-30(39)27-23-28-34-35-29(38(28)36-27)24-17-19-25(32)20-18-24/h17-20,23,26,36H,4-16,21-22H2,1-3H3,(H,33,39). The van der Waals surface area contributed by atoms with E-state index in [9.17, 15) is 9.59 Å². The summed E-state index contributed by atoms with van der Waals surface area (Å²) in [5.74, 6) is 0.266. The van der Waals surface area contributed by atoms with Gasteiger partial charge in [0.05, 0.1) is 0 Å². The topological polar surface area (TPSA) is 95.4 Å². The summed E-state index contributed by atoms with van der Waals surface area (Å²) in [6.45, 7) is 7.89. The highest BCUT2D eigenvalue weighted by molar-refractivity contribution is 6.30. The lowest BCUT2D eigenvalue weighted by molar-refractivity contribution is -0.133. The van der Waals surface area contributed by atoms with E-state index in [-0.39, 0.29) is 11.8 Å². The Hall–Kier alpha value is -2.87. The summed E-state index contributed by atoms with van der Waals surface area (Å²) < 4.78 is 1.67. The molecule has 2 N–H and O–H groups in total. The number of carbonyl (C=O) groups is 2. The third-order valence-corrected chi connectivity index (χ3v) is 7.68. The van der Waals surface area contributed by atoms with Gasteiger partial charge in [0.2, 0.25) is 5.91 Å². The number of unbranched alkanes of at least 4 members (excludes halogenated alkanes) is 10. The molecule has 3 rings (SSSR count). The number of nitrogens with one attached hydrogen (secondary N) is 2. The minimum absolute atomic E-state index is 0.0119. The van der Waals surface area contributed by atoms with Crippen LogP contribution in [-0.4, -0.2) is 55.7 Å². The van der Waals surface area contributed by atoms with Crippen LogP contribution < -0.4 is 5.32 Å². The molecule has 0 saturated carbocycles. The van der Waals surface area contributed by atoms with Crippen molar-refractivity contribution in [2.45, 2.75) is 110 Å². The molecule has 8 nitrogen and oxygen atoms in total. The van der Waals surface area contributed by atoms with E-state index in [1.54, 1.807) is 22.7 Å². The molecule has 1 unspecified atom stereocenters. The van der Waals surface area contributed by atoms with Gasteiger partial charge in [-0.1, -0.05) is 96.6 Å². The van der Waals surface area contributed by atoms with Gasteiger partial charge < -0.3 is 10.2 Å². The van der Waals surface area contributed by atoms with Gasteiger partial charge in [-0.05, 0) is 43.5 Å². The summed E-state index contributed by atoms with van der Waals surface area (Å²) >= 11 is 6.02. The number of aromatic amines is 1. The molecule has 0 fully saturated rings. The lowest BCUT2D eigenvalue weighted by atomic mass is 10.1. The fourth-order valence-electron chi connectivity index (χ4n) is 4.98. The zero-order valence-corrected chi connectivity index (χ0v) is 25.3. The number of hydrogen-bond acceptors (Lipinski definition) is 4. The molecule has 220 valence electrons. The quantitative estimate of drug-likeness (QED) is 0.146. The molecule has 0 bridgehead atoms. The van der Waals surface area contributed by atoms with Crippen LogP contribution >= 0.6 is 11.6 Å². The van der Waals surface area contributed by atoms with Gasteiger partial charge in [0.15, 0.2) is 11.5 Å². The molecular weight excluding hydrogens is 524 g/mol. The molecule has 0 radical (unpaired) electrons. The Kier molecular flexibility index (Phi) is 13.5. The summed E-state index contributed by atoms with van der Waals surface area (Å²) in [4.78, 5) is 28.8. The predicted octanol–water partition coefficient (Wildman–Crippen LogP) is 7.44. The van der Waals surface area contributed by atoms with E-state index in [2.05, 4.69) is 34.5 Å². The lowest BCUT2D eigenvalue weighted by Crippen LogP contribution is -2.49. The van der Waals surface area contributed by atoms with Crippen molar-refractivity contribution in [2.75, 3.05) is 13.1 Å². The number of halogens is 1. The highest BCUT2D eigenvalue weighted by atomic mass is 35.5. The zero-order valence-electron chi connectivity index (χ0n) is 24.6. The SMILES string of the molecule is CCCCCCCCN(CCCCCCCC)C(=O)C(CC)NC(=O)c1cc2nnc(-c3ccc(Cl)cc3)n2[nH]1. The molecule has 2 amide bonds. The van der Waals surface area contributed by atoms with Crippen LogP contribution in [0.5, 0.6) is 0 Å². The Morgan fingerprint density at radius 1 is 0.875 bits per heavy atom. The van der Waals surface area contributed by atoms with Gasteiger partial charge in [0.25, 0.3) is 5.91 Å². The molecule has 2 aromatic heterocycles. The second-order valence-electron chi connectivity index (χ2n) is 10.7. The number of amides is 2.